The number of nitriles is 1. The molecule has 2 aromatic carbocycles. The zero-order valence-corrected chi connectivity index (χ0v) is 17.4. The van der Waals surface area contributed by atoms with Crippen molar-refractivity contribution in [2.45, 2.75) is 25.7 Å². The molecular weight excluding hydrogens is 360 g/mol. The lowest BCUT2D eigenvalue weighted by atomic mass is 9.91. The molecule has 0 bridgehead atoms. The number of anilines is 1. The van der Waals surface area contributed by atoms with Gasteiger partial charge in [-0.3, -0.25) is 4.79 Å². The number of likely N-dealkylation sites (N-methyl/N-ethyl adjacent to an activating group) is 1. The van der Waals surface area contributed by atoms with E-state index in [1.54, 1.807) is 0 Å². The van der Waals surface area contributed by atoms with E-state index in [1.807, 2.05) is 18.2 Å². The molecule has 1 fully saturated rings. The second-order valence-corrected chi connectivity index (χ2v) is 7.68. The van der Waals surface area contributed by atoms with Crippen molar-refractivity contribution in [3.8, 4) is 17.2 Å². The fourth-order valence-electron chi connectivity index (χ4n) is 3.85. The zero-order chi connectivity index (χ0) is 20.6. The summed E-state index contributed by atoms with van der Waals surface area (Å²) in [5.74, 6) is -0.297. The molecule has 1 amide bonds. The molecular formula is C24H30N4O. The molecule has 0 saturated carbocycles. The molecule has 1 aliphatic rings. The highest BCUT2D eigenvalue weighted by Crippen LogP contribution is 2.28. The van der Waals surface area contributed by atoms with Crippen molar-refractivity contribution < 1.29 is 4.79 Å². The van der Waals surface area contributed by atoms with Crippen LogP contribution in [-0.4, -0.2) is 50.6 Å². The van der Waals surface area contributed by atoms with Gasteiger partial charge in [-0.15, -0.1) is 0 Å². The standard InChI is InChI=1S/C24H30N4O/c1-3-5-23(24(29)26-13-12-25)21-7-4-6-20(18-21)19-8-10-22(11-9-19)28-16-14-27(2)15-17-28/h4,6-11,18,23H,3,5,13-17H2,1-2H3,(H,26,29). The van der Waals surface area contributed by atoms with Crippen molar-refractivity contribution in [3.63, 3.8) is 0 Å². The Morgan fingerprint density at radius 1 is 1.10 bits per heavy atom. The first-order chi connectivity index (χ1) is 14.1. The number of piperazine rings is 1. The van der Waals surface area contributed by atoms with Crippen molar-refractivity contribution in [2.75, 3.05) is 44.7 Å². The molecule has 1 N–H and O–H groups in total. The lowest BCUT2D eigenvalue weighted by molar-refractivity contribution is -0.122. The summed E-state index contributed by atoms with van der Waals surface area (Å²) in [4.78, 5) is 17.3. The van der Waals surface area contributed by atoms with Gasteiger partial charge in [0.25, 0.3) is 0 Å². The number of benzene rings is 2. The maximum Gasteiger partial charge on any atom is 0.228 e. The summed E-state index contributed by atoms with van der Waals surface area (Å²) in [6.07, 6.45) is 1.68. The van der Waals surface area contributed by atoms with Gasteiger partial charge < -0.3 is 15.1 Å². The average molecular weight is 391 g/mol. The summed E-state index contributed by atoms with van der Waals surface area (Å²) >= 11 is 0. The Kier molecular flexibility index (Phi) is 7.26. The van der Waals surface area contributed by atoms with Crippen molar-refractivity contribution in [1.29, 1.82) is 5.26 Å². The summed E-state index contributed by atoms with van der Waals surface area (Å²) < 4.78 is 0. The topological polar surface area (TPSA) is 59.4 Å². The molecule has 152 valence electrons. The fraction of sp³-hybridized carbons (Fsp3) is 0.417. The van der Waals surface area contributed by atoms with E-state index in [0.717, 1.165) is 55.7 Å². The van der Waals surface area contributed by atoms with Gasteiger partial charge >= 0.3 is 0 Å². The molecule has 1 aliphatic heterocycles. The molecule has 5 heteroatoms. The molecule has 1 atom stereocenters. The molecule has 0 aliphatic carbocycles. The maximum absolute atomic E-state index is 12.5. The van der Waals surface area contributed by atoms with Crippen molar-refractivity contribution in [3.05, 3.63) is 54.1 Å². The third-order valence-corrected chi connectivity index (χ3v) is 5.59. The molecule has 29 heavy (non-hydrogen) atoms. The number of nitrogens with zero attached hydrogens (tertiary/aromatic N) is 3. The summed E-state index contributed by atoms with van der Waals surface area (Å²) in [6, 6.07) is 18.9. The highest BCUT2D eigenvalue weighted by molar-refractivity contribution is 5.84. The van der Waals surface area contributed by atoms with Crippen LogP contribution in [0.15, 0.2) is 48.5 Å². The molecule has 0 aromatic heterocycles. The van der Waals surface area contributed by atoms with Gasteiger partial charge in [0.1, 0.15) is 6.54 Å². The van der Waals surface area contributed by atoms with E-state index in [4.69, 9.17) is 5.26 Å². The van der Waals surface area contributed by atoms with E-state index in [9.17, 15) is 4.79 Å². The Labute approximate surface area is 173 Å². The number of hydrogen-bond acceptors (Lipinski definition) is 4. The Morgan fingerprint density at radius 2 is 1.83 bits per heavy atom. The SMILES string of the molecule is CCCC(C(=O)NCC#N)c1cccc(-c2ccc(N3CCN(C)CC3)cc2)c1. The molecule has 2 aromatic rings. The van der Waals surface area contributed by atoms with E-state index in [-0.39, 0.29) is 18.4 Å². The zero-order valence-electron chi connectivity index (χ0n) is 17.4. The largest absolute Gasteiger partial charge is 0.369 e. The van der Waals surface area contributed by atoms with Crippen LogP contribution in [0, 0.1) is 11.3 Å². The van der Waals surface area contributed by atoms with Crippen LogP contribution in [0.2, 0.25) is 0 Å². The van der Waals surface area contributed by atoms with Crippen LogP contribution in [0.5, 0.6) is 0 Å². The summed E-state index contributed by atoms with van der Waals surface area (Å²) in [5, 5.41) is 11.5. The van der Waals surface area contributed by atoms with Crippen molar-refractivity contribution in [2.24, 2.45) is 0 Å². The second kappa shape index (κ2) is 10.1. The monoisotopic (exact) mass is 390 g/mol. The van der Waals surface area contributed by atoms with Gasteiger partial charge in [0.2, 0.25) is 5.91 Å². The highest BCUT2D eigenvalue weighted by Gasteiger charge is 2.20. The molecule has 5 nitrogen and oxygen atoms in total. The number of amides is 1. The van der Waals surface area contributed by atoms with Gasteiger partial charge in [0.05, 0.1) is 12.0 Å². The average Bonchev–Trinajstić information content (AvgIpc) is 2.76. The number of carbonyl (C=O) groups is 1. The number of nitrogens with one attached hydrogen (secondary N) is 1. The Bertz CT molecular complexity index is 848. The number of carbonyl (C=O) groups excluding carboxylic acids is 1. The molecule has 1 unspecified atom stereocenters. The Morgan fingerprint density at radius 3 is 2.48 bits per heavy atom. The third-order valence-electron chi connectivity index (χ3n) is 5.59. The van der Waals surface area contributed by atoms with Crippen LogP contribution in [-0.2, 0) is 4.79 Å². The minimum absolute atomic E-state index is 0.0481. The number of hydrogen-bond donors (Lipinski definition) is 1. The van der Waals surface area contributed by atoms with Gasteiger partial charge in [-0.2, -0.15) is 5.26 Å². The molecule has 1 heterocycles. The van der Waals surface area contributed by atoms with E-state index >= 15 is 0 Å². The molecule has 0 spiro atoms. The fourth-order valence-corrected chi connectivity index (χ4v) is 3.85. The van der Waals surface area contributed by atoms with Crippen LogP contribution in [0.1, 0.15) is 31.2 Å². The maximum atomic E-state index is 12.5. The first-order valence-electron chi connectivity index (χ1n) is 10.4. The van der Waals surface area contributed by atoms with E-state index < -0.39 is 0 Å². The van der Waals surface area contributed by atoms with E-state index in [0.29, 0.717) is 0 Å². The van der Waals surface area contributed by atoms with Crippen LogP contribution < -0.4 is 10.2 Å². The summed E-state index contributed by atoms with van der Waals surface area (Å²) in [7, 11) is 2.17. The summed E-state index contributed by atoms with van der Waals surface area (Å²) in [5.41, 5.74) is 4.53. The van der Waals surface area contributed by atoms with E-state index in [2.05, 4.69) is 65.5 Å². The van der Waals surface area contributed by atoms with Crippen molar-refractivity contribution in [1.82, 2.24) is 10.2 Å². The minimum Gasteiger partial charge on any atom is -0.369 e. The van der Waals surface area contributed by atoms with Gasteiger partial charge in [0.15, 0.2) is 0 Å². The predicted molar refractivity (Wildman–Crippen MR) is 118 cm³/mol. The smallest absolute Gasteiger partial charge is 0.228 e. The molecule has 3 rings (SSSR count). The lowest BCUT2D eigenvalue weighted by Crippen LogP contribution is -2.44. The van der Waals surface area contributed by atoms with E-state index in [1.165, 1.54) is 5.69 Å². The third kappa shape index (κ3) is 5.36. The van der Waals surface area contributed by atoms with Crippen LogP contribution >= 0.6 is 0 Å². The number of rotatable bonds is 7. The minimum atomic E-state index is -0.224. The second-order valence-electron chi connectivity index (χ2n) is 7.68. The Hall–Kier alpha value is -2.84. The lowest BCUT2D eigenvalue weighted by Gasteiger charge is -2.34. The van der Waals surface area contributed by atoms with Gasteiger partial charge in [-0.25, -0.2) is 0 Å². The first-order valence-corrected chi connectivity index (χ1v) is 10.4. The first kappa shape index (κ1) is 20.9. The normalized spacial score (nSPS) is 15.6. The predicted octanol–water partition coefficient (Wildman–Crippen LogP) is 3.63. The van der Waals surface area contributed by atoms with Crippen molar-refractivity contribution >= 4 is 11.6 Å². The highest BCUT2D eigenvalue weighted by atomic mass is 16.1. The summed E-state index contributed by atoms with van der Waals surface area (Å²) in [6.45, 7) is 6.43. The van der Waals surface area contributed by atoms with Crippen LogP contribution in [0.4, 0.5) is 5.69 Å². The van der Waals surface area contributed by atoms with Crippen LogP contribution in [0.25, 0.3) is 11.1 Å². The quantitative estimate of drug-likeness (QED) is 0.734. The van der Waals surface area contributed by atoms with Gasteiger partial charge in [0, 0.05) is 31.9 Å². The van der Waals surface area contributed by atoms with Gasteiger partial charge in [-0.05, 0) is 42.3 Å². The Balaban J connectivity index is 1.77. The van der Waals surface area contributed by atoms with Gasteiger partial charge in [-0.1, -0.05) is 49.7 Å². The van der Waals surface area contributed by atoms with Crippen LogP contribution in [0.3, 0.4) is 0 Å². The molecule has 0 radical (unpaired) electrons. The molecule has 1 saturated heterocycles.